The average Bonchev–Trinajstić information content (AvgIpc) is 2.38. The van der Waals surface area contributed by atoms with Crippen LogP contribution in [-0.4, -0.2) is 24.1 Å². The lowest BCUT2D eigenvalue weighted by molar-refractivity contribution is 0.438. The van der Waals surface area contributed by atoms with E-state index in [9.17, 15) is 0 Å². The Balaban J connectivity index is 2.48. The Morgan fingerprint density at radius 1 is 1.21 bits per heavy atom. The number of hydrogen-bond donors (Lipinski definition) is 1. The van der Waals surface area contributed by atoms with E-state index in [4.69, 9.17) is 0 Å². The highest BCUT2D eigenvalue weighted by molar-refractivity contribution is 9.10. The fourth-order valence-corrected chi connectivity index (χ4v) is 3.08. The first-order valence-corrected chi connectivity index (χ1v) is 9.12. The molecule has 19 heavy (non-hydrogen) atoms. The zero-order valence-corrected chi connectivity index (χ0v) is 14.7. The topological polar surface area (TPSA) is 12.0 Å². The lowest BCUT2D eigenvalue weighted by atomic mass is 9.96. The summed E-state index contributed by atoms with van der Waals surface area (Å²) >= 11 is 5.55. The molecule has 1 aromatic rings. The molecule has 1 rings (SSSR count). The molecular weight excluding hydrogens is 318 g/mol. The molecule has 0 saturated carbocycles. The first-order valence-electron chi connectivity index (χ1n) is 7.17. The number of hydrogen-bond acceptors (Lipinski definition) is 2. The average molecular weight is 344 g/mol. The molecule has 0 aromatic heterocycles. The Morgan fingerprint density at radius 2 is 1.89 bits per heavy atom. The molecule has 1 unspecified atom stereocenters. The van der Waals surface area contributed by atoms with E-state index in [0.29, 0.717) is 6.04 Å². The highest BCUT2D eigenvalue weighted by Crippen LogP contribution is 2.17. The maximum atomic E-state index is 3.59. The Bertz CT molecular complexity index is 337. The quantitative estimate of drug-likeness (QED) is 0.649. The fraction of sp³-hybridized carbons (Fsp3) is 0.625. The first kappa shape index (κ1) is 17.1. The number of benzene rings is 1. The van der Waals surface area contributed by atoms with Gasteiger partial charge in [0.05, 0.1) is 0 Å². The van der Waals surface area contributed by atoms with E-state index in [-0.39, 0.29) is 0 Å². The Labute approximate surface area is 131 Å². The maximum absolute atomic E-state index is 3.59. The summed E-state index contributed by atoms with van der Waals surface area (Å²) in [6.07, 6.45) is 2.48. The molecule has 1 N–H and O–H groups in total. The van der Waals surface area contributed by atoms with Crippen LogP contribution in [0.15, 0.2) is 28.7 Å². The van der Waals surface area contributed by atoms with Crippen LogP contribution in [0.1, 0.15) is 32.8 Å². The molecule has 0 heterocycles. The molecule has 0 spiro atoms. The van der Waals surface area contributed by atoms with Crippen molar-refractivity contribution < 1.29 is 0 Å². The monoisotopic (exact) mass is 343 g/mol. The first-order chi connectivity index (χ1) is 9.11. The number of nitrogens with one attached hydrogen (secondary N) is 1. The number of halogens is 1. The van der Waals surface area contributed by atoms with Crippen LogP contribution in [0.5, 0.6) is 0 Å². The molecule has 0 bridgehead atoms. The van der Waals surface area contributed by atoms with Crippen molar-refractivity contribution in [3.63, 3.8) is 0 Å². The summed E-state index contributed by atoms with van der Waals surface area (Å²) in [5.74, 6) is 3.24. The molecule has 0 fully saturated rings. The zero-order chi connectivity index (χ0) is 14.1. The van der Waals surface area contributed by atoms with Gasteiger partial charge in [0.1, 0.15) is 0 Å². The third kappa shape index (κ3) is 8.01. The largest absolute Gasteiger partial charge is 0.314 e. The molecule has 108 valence electrons. The van der Waals surface area contributed by atoms with Crippen LogP contribution in [0.4, 0.5) is 0 Å². The van der Waals surface area contributed by atoms with E-state index in [2.05, 4.69) is 66.3 Å². The molecule has 1 nitrogen and oxygen atoms in total. The second kappa shape index (κ2) is 9.84. The lowest BCUT2D eigenvalue weighted by Crippen LogP contribution is -2.30. The fourth-order valence-electron chi connectivity index (χ4n) is 2.03. The van der Waals surface area contributed by atoms with Crippen LogP contribution in [0.25, 0.3) is 0 Å². The summed E-state index contributed by atoms with van der Waals surface area (Å²) in [6, 6.07) is 9.33. The van der Waals surface area contributed by atoms with Gasteiger partial charge in [-0.15, -0.1) is 0 Å². The van der Waals surface area contributed by atoms with Gasteiger partial charge in [0, 0.05) is 10.5 Å². The highest BCUT2D eigenvalue weighted by Gasteiger charge is 2.10. The molecular formula is C16H26BrNS. The second-order valence-corrected chi connectivity index (χ2v) is 7.55. The Hall–Kier alpha value is 0.01000. The maximum Gasteiger partial charge on any atom is 0.0175 e. The normalized spacial score (nSPS) is 12.9. The number of thioether (sulfide) groups is 1. The van der Waals surface area contributed by atoms with Gasteiger partial charge in [-0.05, 0) is 54.5 Å². The van der Waals surface area contributed by atoms with Gasteiger partial charge in [0.15, 0.2) is 0 Å². The summed E-state index contributed by atoms with van der Waals surface area (Å²) in [4.78, 5) is 0. The third-order valence-electron chi connectivity index (χ3n) is 3.13. The van der Waals surface area contributed by atoms with Crippen LogP contribution in [-0.2, 0) is 6.42 Å². The molecule has 0 aliphatic heterocycles. The van der Waals surface area contributed by atoms with Crippen molar-refractivity contribution in [3.8, 4) is 0 Å². The van der Waals surface area contributed by atoms with Gasteiger partial charge in [0.2, 0.25) is 0 Å². The molecule has 0 amide bonds. The summed E-state index contributed by atoms with van der Waals surface area (Å²) in [6.45, 7) is 7.80. The Kier molecular flexibility index (Phi) is 8.84. The zero-order valence-electron chi connectivity index (χ0n) is 12.3. The molecule has 1 aromatic carbocycles. The van der Waals surface area contributed by atoms with Crippen LogP contribution >= 0.6 is 27.7 Å². The Morgan fingerprint density at radius 3 is 2.47 bits per heavy atom. The van der Waals surface area contributed by atoms with E-state index in [1.807, 2.05) is 11.8 Å². The van der Waals surface area contributed by atoms with Crippen LogP contribution in [0.3, 0.4) is 0 Å². The summed E-state index contributed by atoms with van der Waals surface area (Å²) in [5.41, 5.74) is 1.44. The van der Waals surface area contributed by atoms with Crippen molar-refractivity contribution >= 4 is 27.7 Å². The minimum Gasteiger partial charge on any atom is -0.314 e. The minimum absolute atomic E-state index is 0.575. The molecule has 1 atom stereocenters. The predicted octanol–water partition coefficient (Wildman–Crippen LogP) is 4.75. The second-order valence-electron chi connectivity index (χ2n) is 5.25. The standard InChI is InChI=1S/C16H26BrNS/c1-4-19-10-9-15(12-18-13(2)3)11-14-5-7-16(17)8-6-14/h5-8,13,15,18H,4,9-12H2,1-3H3. The van der Waals surface area contributed by atoms with Crippen molar-refractivity contribution in [3.05, 3.63) is 34.3 Å². The van der Waals surface area contributed by atoms with Gasteiger partial charge < -0.3 is 5.32 Å². The van der Waals surface area contributed by atoms with E-state index < -0.39 is 0 Å². The van der Waals surface area contributed by atoms with E-state index in [1.165, 1.54) is 29.9 Å². The van der Waals surface area contributed by atoms with Gasteiger partial charge in [-0.25, -0.2) is 0 Å². The van der Waals surface area contributed by atoms with Crippen molar-refractivity contribution in [2.75, 3.05) is 18.1 Å². The van der Waals surface area contributed by atoms with Gasteiger partial charge in [0.25, 0.3) is 0 Å². The van der Waals surface area contributed by atoms with Gasteiger partial charge >= 0.3 is 0 Å². The minimum atomic E-state index is 0.575. The van der Waals surface area contributed by atoms with Gasteiger partial charge in [-0.2, -0.15) is 11.8 Å². The van der Waals surface area contributed by atoms with Crippen LogP contribution in [0.2, 0.25) is 0 Å². The van der Waals surface area contributed by atoms with Crippen molar-refractivity contribution in [2.45, 2.75) is 39.7 Å². The molecule has 0 aliphatic rings. The summed E-state index contributed by atoms with van der Waals surface area (Å²) in [5, 5.41) is 3.59. The SMILES string of the molecule is CCSCCC(CNC(C)C)Cc1ccc(Br)cc1. The molecule has 0 radical (unpaired) electrons. The van der Waals surface area contributed by atoms with Crippen molar-refractivity contribution in [2.24, 2.45) is 5.92 Å². The molecule has 0 saturated heterocycles. The van der Waals surface area contributed by atoms with Crippen molar-refractivity contribution in [1.29, 1.82) is 0 Å². The van der Waals surface area contributed by atoms with Gasteiger partial charge in [-0.3, -0.25) is 0 Å². The highest BCUT2D eigenvalue weighted by atomic mass is 79.9. The lowest BCUT2D eigenvalue weighted by Gasteiger charge is -2.19. The molecule has 3 heteroatoms. The van der Waals surface area contributed by atoms with Crippen molar-refractivity contribution in [1.82, 2.24) is 5.32 Å². The predicted molar refractivity (Wildman–Crippen MR) is 92.1 cm³/mol. The van der Waals surface area contributed by atoms with E-state index in [0.717, 1.165) is 16.9 Å². The van der Waals surface area contributed by atoms with Crippen LogP contribution < -0.4 is 5.32 Å². The molecule has 0 aliphatic carbocycles. The summed E-state index contributed by atoms with van der Waals surface area (Å²) in [7, 11) is 0. The third-order valence-corrected chi connectivity index (χ3v) is 4.59. The van der Waals surface area contributed by atoms with E-state index >= 15 is 0 Å². The van der Waals surface area contributed by atoms with Gasteiger partial charge in [-0.1, -0.05) is 48.8 Å². The van der Waals surface area contributed by atoms with E-state index in [1.54, 1.807) is 0 Å². The number of rotatable bonds is 9. The smallest absolute Gasteiger partial charge is 0.0175 e. The summed E-state index contributed by atoms with van der Waals surface area (Å²) < 4.78 is 1.16. The van der Waals surface area contributed by atoms with Crippen LogP contribution in [0, 0.1) is 5.92 Å².